The lowest BCUT2D eigenvalue weighted by Gasteiger charge is -2.13. The van der Waals surface area contributed by atoms with Crippen molar-refractivity contribution in [2.45, 2.75) is 13.8 Å². The van der Waals surface area contributed by atoms with Crippen molar-refractivity contribution in [2.24, 2.45) is 0 Å². The molecule has 1 aromatic carbocycles. The number of esters is 1. The lowest BCUT2D eigenvalue weighted by atomic mass is 10.1. The van der Waals surface area contributed by atoms with Crippen LogP contribution in [0.3, 0.4) is 0 Å². The van der Waals surface area contributed by atoms with Crippen LogP contribution in [0.15, 0.2) is 24.3 Å². The van der Waals surface area contributed by atoms with Crippen LogP contribution in [0.1, 0.15) is 21.6 Å². The summed E-state index contributed by atoms with van der Waals surface area (Å²) in [5.41, 5.74) is 2.73. The first-order valence-electron chi connectivity index (χ1n) is 7.59. The Kier molecular flexibility index (Phi) is 4.16. The van der Waals surface area contributed by atoms with Crippen LogP contribution >= 0.6 is 0 Å². The summed E-state index contributed by atoms with van der Waals surface area (Å²) in [6.07, 6.45) is 0. The molecule has 1 N–H and O–H groups in total. The Morgan fingerprint density at radius 1 is 1.29 bits per heavy atom. The monoisotopic (exact) mass is 327 g/mol. The summed E-state index contributed by atoms with van der Waals surface area (Å²) >= 11 is 0. The third kappa shape index (κ3) is 3.05. The molecule has 0 unspecified atom stereocenters. The molecule has 3 rings (SSSR count). The molecule has 0 aliphatic carbocycles. The average Bonchev–Trinajstić information content (AvgIpc) is 2.98. The molecular formula is C17H17N3O4. The summed E-state index contributed by atoms with van der Waals surface area (Å²) in [5, 5.41) is 3.20. The third-order valence-corrected chi connectivity index (χ3v) is 3.80. The number of pyridine rings is 1. The quantitative estimate of drug-likeness (QED) is 0.864. The maximum atomic E-state index is 12.4. The van der Waals surface area contributed by atoms with Crippen molar-refractivity contribution in [3.63, 3.8) is 0 Å². The molecule has 0 radical (unpaired) electrons. The molecule has 0 atom stereocenters. The van der Waals surface area contributed by atoms with E-state index >= 15 is 0 Å². The molecule has 1 fully saturated rings. The van der Waals surface area contributed by atoms with Crippen molar-refractivity contribution in [1.82, 2.24) is 15.2 Å². The van der Waals surface area contributed by atoms with Crippen molar-refractivity contribution < 1.29 is 19.1 Å². The highest BCUT2D eigenvalue weighted by molar-refractivity contribution is 6.04. The van der Waals surface area contributed by atoms with E-state index in [0.29, 0.717) is 28.7 Å². The molecule has 3 amide bonds. The molecule has 1 aliphatic heterocycles. The molecule has 0 bridgehead atoms. The van der Waals surface area contributed by atoms with E-state index < -0.39 is 24.5 Å². The van der Waals surface area contributed by atoms with E-state index in [1.807, 2.05) is 25.1 Å². The number of ether oxygens (including phenoxy) is 1. The van der Waals surface area contributed by atoms with Gasteiger partial charge < -0.3 is 10.1 Å². The molecule has 0 saturated carbocycles. The number of rotatable bonds is 3. The van der Waals surface area contributed by atoms with Crippen LogP contribution in [0.4, 0.5) is 4.79 Å². The smallest absolute Gasteiger partial charge is 0.339 e. The Labute approximate surface area is 138 Å². The average molecular weight is 327 g/mol. The molecule has 1 aromatic heterocycles. The summed E-state index contributed by atoms with van der Waals surface area (Å²) < 4.78 is 5.12. The zero-order valence-electron chi connectivity index (χ0n) is 13.5. The number of aryl methyl sites for hydroxylation is 2. The van der Waals surface area contributed by atoms with Gasteiger partial charge in [0.1, 0.15) is 0 Å². The molecular weight excluding hydrogens is 310 g/mol. The number of amides is 3. The highest BCUT2D eigenvalue weighted by atomic mass is 16.5. The molecule has 24 heavy (non-hydrogen) atoms. The van der Waals surface area contributed by atoms with E-state index in [1.54, 1.807) is 13.0 Å². The molecule has 0 spiro atoms. The number of carbonyl (C=O) groups excluding carboxylic acids is 3. The second-order valence-electron chi connectivity index (χ2n) is 5.69. The molecule has 7 heteroatoms. The summed E-state index contributed by atoms with van der Waals surface area (Å²) in [5.74, 6) is -1.14. The van der Waals surface area contributed by atoms with Crippen molar-refractivity contribution >= 4 is 28.8 Å². The van der Waals surface area contributed by atoms with E-state index in [1.165, 1.54) is 0 Å². The van der Waals surface area contributed by atoms with Crippen LogP contribution < -0.4 is 5.32 Å². The molecule has 2 aromatic rings. The van der Waals surface area contributed by atoms with Crippen LogP contribution in [-0.2, 0) is 9.53 Å². The van der Waals surface area contributed by atoms with Crippen LogP contribution in [0, 0.1) is 13.8 Å². The van der Waals surface area contributed by atoms with Crippen LogP contribution in [-0.4, -0.2) is 47.5 Å². The second-order valence-corrected chi connectivity index (χ2v) is 5.69. The first-order chi connectivity index (χ1) is 11.5. The lowest BCUT2D eigenvalue weighted by Crippen LogP contribution is -2.37. The van der Waals surface area contributed by atoms with E-state index in [2.05, 4.69) is 10.3 Å². The number of hydrogen-bond acceptors (Lipinski definition) is 5. The van der Waals surface area contributed by atoms with Gasteiger partial charge in [0, 0.05) is 24.2 Å². The van der Waals surface area contributed by atoms with Gasteiger partial charge in [-0.2, -0.15) is 0 Å². The number of nitrogens with one attached hydrogen (secondary N) is 1. The Balaban J connectivity index is 1.80. The van der Waals surface area contributed by atoms with E-state index in [-0.39, 0.29) is 6.54 Å². The molecule has 1 saturated heterocycles. The van der Waals surface area contributed by atoms with Gasteiger partial charge in [-0.1, -0.05) is 11.6 Å². The van der Waals surface area contributed by atoms with Gasteiger partial charge in [0.15, 0.2) is 6.61 Å². The first-order valence-corrected chi connectivity index (χ1v) is 7.59. The van der Waals surface area contributed by atoms with Gasteiger partial charge in [-0.15, -0.1) is 0 Å². The van der Waals surface area contributed by atoms with Gasteiger partial charge in [0.25, 0.3) is 5.91 Å². The Hall–Kier alpha value is -2.96. The molecule has 1 aliphatic rings. The van der Waals surface area contributed by atoms with Crippen LogP contribution in [0.25, 0.3) is 10.9 Å². The minimum absolute atomic E-state index is 0.283. The van der Waals surface area contributed by atoms with Crippen LogP contribution in [0.5, 0.6) is 0 Å². The maximum Gasteiger partial charge on any atom is 0.339 e. The molecule has 7 nitrogen and oxygen atoms in total. The van der Waals surface area contributed by atoms with E-state index in [4.69, 9.17) is 4.74 Å². The highest BCUT2D eigenvalue weighted by Gasteiger charge is 2.27. The number of fused-ring (bicyclic) bond motifs is 1. The fourth-order valence-electron chi connectivity index (χ4n) is 2.63. The van der Waals surface area contributed by atoms with E-state index in [0.717, 1.165) is 10.5 Å². The molecule has 124 valence electrons. The number of carbonyl (C=O) groups is 3. The molecule has 2 heterocycles. The zero-order chi connectivity index (χ0) is 17.3. The lowest BCUT2D eigenvalue weighted by molar-refractivity contribution is -0.130. The van der Waals surface area contributed by atoms with Gasteiger partial charge in [-0.25, -0.2) is 9.59 Å². The summed E-state index contributed by atoms with van der Waals surface area (Å²) in [7, 11) is 0. The first kappa shape index (κ1) is 15.9. The van der Waals surface area contributed by atoms with Crippen molar-refractivity contribution in [3.05, 3.63) is 41.1 Å². The van der Waals surface area contributed by atoms with Crippen molar-refractivity contribution in [2.75, 3.05) is 19.7 Å². The van der Waals surface area contributed by atoms with Gasteiger partial charge in [0.05, 0.1) is 11.1 Å². The topological polar surface area (TPSA) is 88.6 Å². The summed E-state index contributed by atoms with van der Waals surface area (Å²) in [6.45, 7) is 3.93. The fraction of sp³-hybridized carbons (Fsp3) is 0.294. The van der Waals surface area contributed by atoms with Gasteiger partial charge in [-0.05, 0) is 32.0 Å². The van der Waals surface area contributed by atoms with Crippen molar-refractivity contribution in [3.8, 4) is 0 Å². The Morgan fingerprint density at radius 2 is 2.08 bits per heavy atom. The number of hydrogen-bond donors (Lipinski definition) is 1. The van der Waals surface area contributed by atoms with E-state index in [9.17, 15) is 14.4 Å². The third-order valence-electron chi connectivity index (χ3n) is 3.80. The summed E-state index contributed by atoms with van der Waals surface area (Å²) in [6, 6.07) is 6.79. The number of nitrogens with zero attached hydrogens (tertiary/aromatic N) is 2. The normalized spacial score (nSPS) is 13.9. The largest absolute Gasteiger partial charge is 0.452 e. The van der Waals surface area contributed by atoms with Crippen LogP contribution in [0.2, 0.25) is 0 Å². The Bertz CT molecular complexity index is 847. The maximum absolute atomic E-state index is 12.4. The Morgan fingerprint density at radius 3 is 2.79 bits per heavy atom. The van der Waals surface area contributed by atoms with Gasteiger partial charge in [-0.3, -0.25) is 14.7 Å². The predicted molar refractivity (Wildman–Crippen MR) is 86.6 cm³/mol. The number of aromatic nitrogens is 1. The van der Waals surface area contributed by atoms with Gasteiger partial charge in [0.2, 0.25) is 0 Å². The number of benzene rings is 1. The number of urea groups is 1. The standard InChI is InChI=1S/C17H17N3O4/c1-10-3-4-14-12(7-10)13(8-11(2)19-14)16(22)24-9-15(21)20-6-5-18-17(20)23/h3-4,7-8H,5-6,9H2,1-2H3,(H,18,23). The fourth-order valence-corrected chi connectivity index (χ4v) is 2.63. The predicted octanol–water partition coefficient (Wildman–Crippen LogP) is 1.56. The summed E-state index contributed by atoms with van der Waals surface area (Å²) in [4.78, 5) is 41.2. The minimum atomic E-state index is -0.607. The zero-order valence-corrected chi connectivity index (χ0v) is 13.5. The van der Waals surface area contributed by atoms with Crippen molar-refractivity contribution in [1.29, 1.82) is 0 Å². The highest BCUT2D eigenvalue weighted by Crippen LogP contribution is 2.21. The SMILES string of the molecule is Cc1ccc2nc(C)cc(C(=O)OCC(=O)N3CCNC3=O)c2c1. The number of imide groups is 1. The second kappa shape index (κ2) is 6.27. The van der Waals surface area contributed by atoms with Gasteiger partial charge >= 0.3 is 12.0 Å². The minimum Gasteiger partial charge on any atom is -0.452 e.